The van der Waals surface area contributed by atoms with E-state index in [0.29, 0.717) is 12.2 Å². The highest BCUT2D eigenvalue weighted by atomic mass is 32.2. The lowest BCUT2D eigenvalue weighted by atomic mass is 10.0. The zero-order valence-electron chi connectivity index (χ0n) is 16.2. The summed E-state index contributed by atoms with van der Waals surface area (Å²) in [5, 5.41) is 2.85. The fraction of sp³-hybridized carbons (Fsp3) is 0.381. The lowest BCUT2D eigenvalue weighted by molar-refractivity contribution is -0.119. The van der Waals surface area contributed by atoms with Crippen LogP contribution in [-0.2, 0) is 21.2 Å². The lowest BCUT2D eigenvalue weighted by Crippen LogP contribution is -2.41. The first-order valence-corrected chi connectivity index (χ1v) is 11.4. The van der Waals surface area contributed by atoms with E-state index in [0.717, 1.165) is 42.9 Å². The summed E-state index contributed by atoms with van der Waals surface area (Å²) in [5.74, 6) is -0.298. The molecule has 7 heteroatoms. The van der Waals surface area contributed by atoms with E-state index in [1.54, 1.807) is 24.3 Å². The molecule has 1 N–H and O–H groups in total. The lowest BCUT2D eigenvalue weighted by Gasteiger charge is -2.31. The number of para-hydroxylation sites is 2. The van der Waals surface area contributed by atoms with Crippen LogP contribution in [0.15, 0.2) is 54.6 Å². The first-order valence-electron chi connectivity index (χ1n) is 9.57. The maximum absolute atomic E-state index is 12.3. The van der Waals surface area contributed by atoms with Crippen LogP contribution in [0.1, 0.15) is 18.4 Å². The minimum Gasteiger partial charge on any atom is -0.371 e. The Morgan fingerprint density at radius 1 is 1.11 bits per heavy atom. The first kappa shape index (κ1) is 20.2. The summed E-state index contributed by atoms with van der Waals surface area (Å²) in [5.41, 5.74) is 3.15. The SMILES string of the molecule is CS(=O)(=O)N(CC(=O)NCCCN1CCCc2ccccc21)c1ccccc1. The second-order valence-electron chi connectivity index (χ2n) is 7.03. The average molecular weight is 402 g/mol. The van der Waals surface area contributed by atoms with Crippen LogP contribution < -0.4 is 14.5 Å². The smallest absolute Gasteiger partial charge is 0.240 e. The number of amides is 1. The number of rotatable bonds is 8. The number of anilines is 2. The van der Waals surface area contributed by atoms with Gasteiger partial charge in [-0.1, -0.05) is 36.4 Å². The Morgan fingerprint density at radius 3 is 2.57 bits per heavy atom. The van der Waals surface area contributed by atoms with E-state index in [4.69, 9.17) is 0 Å². The van der Waals surface area contributed by atoms with E-state index in [1.807, 2.05) is 6.07 Å². The summed E-state index contributed by atoms with van der Waals surface area (Å²) < 4.78 is 25.2. The number of fused-ring (bicyclic) bond motifs is 1. The van der Waals surface area contributed by atoms with Crippen LogP contribution in [0.25, 0.3) is 0 Å². The molecule has 0 radical (unpaired) electrons. The molecule has 0 fully saturated rings. The van der Waals surface area contributed by atoms with Crippen LogP contribution in [0.2, 0.25) is 0 Å². The van der Waals surface area contributed by atoms with Gasteiger partial charge in [0, 0.05) is 25.3 Å². The van der Waals surface area contributed by atoms with Gasteiger partial charge in [0.2, 0.25) is 15.9 Å². The second kappa shape index (κ2) is 9.10. The molecule has 0 saturated heterocycles. The molecule has 1 amide bonds. The zero-order valence-corrected chi connectivity index (χ0v) is 17.0. The van der Waals surface area contributed by atoms with Gasteiger partial charge in [-0.05, 0) is 43.0 Å². The van der Waals surface area contributed by atoms with Crippen molar-refractivity contribution in [3.05, 3.63) is 60.2 Å². The fourth-order valence-corrected chi connectivity index (χ4v) is 4.38. The second-order valence-corrected chi connectivity index (χ2v) is 8.93. The molecule has 1 heterocycles. The molecule has 1 aliphatic rings. The number of nitrogens with zero attached hydrogens (tertiary/aromatic N) is 2. The van der Waals surface area contributed by atoms with E-state index >= 15 is 0 Å². The molecule has 2 aromatic carbocycles. The minimum absolute atomic E-state index is 0.213. The zero-order chi connectivity index (χ0) is 20.0. The number of sulfonamides is 1. The quantitative estimate of drug-likeness (QED) is 0.690. The molecule has 150 valence electrons. The van der Waals surface area contributed by atoms with Crippen molar-refractivity contribution in [1.29, 1.82) is 0 Å². The van der Waals surface area contributed by atoms with Crippen molar-refractivity contribution in [2.24, 2.45) is 0 Å². The van der Waals surface area contributed by atoms with Gasteiger partial charge in [-0.15, -0.1) is 0 Å². The topological polar surface area (TPSA) is 69.7 Å². The van der Waals surface area contributed by atoms with Gasteiger partial charge >= 0.3 is 0 Å². The van der Waals surface area contributed by atoms with Gasteiger partial charge in [0.05, 0.1) is 11.9 Å². The Bertz CT molecular complexity index is 900. The van der Waals surface area contributed by atoms with Gasteiger partial charge in [0.25, 0.3) is 0 Å². The maximum atomic E-state index is 12.3. The number of carbonyl (C=O) groups is 1. The molecule has 0 atom stereocenters. The number of benzene rings is 2. The number of aryl methyl sites for hydroxylation is 1. The van der Waals surface area contributed by atoms with Gasteiger partial charge in [0.15, 0.2) is 0 Å². The van der Waals surface area contributed by atoms with Gasteiger partial charge in [-0.25, -0.2) is 8.42 Å². The maximum Gasteiger partial charge on any atom is 0.240 e. The van der Waals surface area contributed by atoms with E-state index in [2.05, 4.69) is 34.5 Å². The molecule has 6 nitrogen and oxygen atoms in total. The molecule has 1 aliphatic heterocycles. The van der Waals surface area contributed by atoms with Crippen molar-refractivity contribution in [3.8, 4) is 0 Å². The third kappa shape index (κ3) is 5.25. The van der Waals surface area contributed by atoms with Crippen LogP contribution in [0.3, 0.4) is 0 Å². The van der Waals surface area contributed by atoms with Crippen molar-refractivity contribution in [2.45, 2.75) is 19.3 Å². The van der Waals surface area contributed by atoms with Crippen LogP contribution in [0.5, 0.6) is 0 Å². The highest BCUT2D eigenvalue weighted by Crippen LogP contribution is 2.26. The van der Waals surface area contributed by atoms with Crippen molar-refractivity contribution in [2.75, 3.05) is 41.6 Å². The van der Waals surface area contributed by atoms with Crippen LogP contribution >= 0.6 is 0 Å². The highest BCUT2D eigenvalue weighted by Gasteiger charge is 2.20. The molecular weight excluding hydrogens is 374 g/mol. The largest absolute Gasteiger partial charge is 0.371 e. The van der Waals surface area contributed by atoms with Crippen LogP contribution in [0, 0.1) is 0 Å². The predicted molar refractivity (Wildman–Crippen MR) is 113 cm³/mol. The fourth-order valence-electron chi connectivity index (χ4n) is 3.52. The van der Waals surface area contributed by atoms with Crippen LogP contribution in [-0.4, -0.2) is 46.8 Å². The Labute approximate surface area is 167 Å². The summed E-state index contributed by atoms with van der Waals surface area (Å²) >= 11 is 0. The van der Waals surface area contributed by atoms with Crippen molar-refractivity contribution in [1.82, 2.24) is 5.32 Å². The molecule has 28 heavy (non-hydrogen) atoms. The van der Waals surface area contributed by atoms with E-state index < -0.39 is 10.0 Å². The Morgan fingerprint density at radius 2 is 1.82 bits per heavy atom. The minimum atomic E-state index is -3.53. The summed E-state index contributed by atoms with van der Waals surface area (Å²) in [7, 11) is -3.53. The molecule has 0 saturated carbocycles. The Hall–Kier alpha value is -2.54. The molecule has 0 spiro atoms. The number of hydrogen-bond donors (Lipinski definition) is 1. The third-order valence-electron chi connectivity index (χ3n) is 4.87. The number of nitrogens with one attached hydrogen (secondary N) is 1. The molecular formula is C21H27N3O3S. The molecule has 0 bridgehead atoms. The van der Waals surface area contributed by atoms with E-state index in [-0.39, 0.29) is 12.5 Å². The summed E-state index contributed by atoms with van der Waals surface area (Å²) in [4.78, 5) is 14.7. The summed E-state index contributed by atoms with van der Waals surface area (Å²) in [6.07, 6.45) is 4.18. The van der Waals surface area contributed by atoms with Crippen molar-refractivity contribution in [3.63, 3.8) is 0 Å². The molecule has 0 aliphatic carbocycles. The summed E-state index contributed by atoms with van der Waals surface area (Å²) in [6, 6.07) is 17.1. The first-order chi connectivity index (χ1) is 13.4. The highest BCUT2D eigenvalue weighted by molar-refractivity contribution is 7.92. The van der Waals surface area contributed by atoms with Gasteiger partial charge in [0.1, 0.15) is 6.54 Å². The van der Waals surface area contributed by atoms with Gasteiger partial charge in [-0.2, -0.15) is 0 Å². The average Bonchev–Trinajstić information content (AvgIpc) is 2.69. The Balaban J connectivity index is 1.49. The van der Waals surface area contributed by atoms with E-state index in [1.165, 1.54) is 11.3 Å². The third-order valence-corrected chi connectivity index (χ3v) is 6.01. The molecule has 3 rings (SSSR count). The van der Waals surface area contributed by atoms with Crippen LogP contribution in [0.4, 0.5) is 11.4 Å². The van der Waals surface area contributed by atoms with Crippen molar-refractivity contribution >= 4 is 27.3 Å². The molecule has 0 unspecified atom stereocenters. The molecule has 0 aromatic heterocycles. The molecule has 2 aromatic rings. The standard InChI is InChI=1S/C21H27N3O3S/c1-28(26,27)24(19-11-3-2-4-12-19)17-21(25)22-14-8-16-23-15-7-10-18-9-5-6-13-20(18)23/h2-6,9,11-13H,7-8,10,14-17H2,1H3,(H,22,25). The monoisotopic (exact) mass is 401 g/mol. The summed E-state index contributed by atoms with van der Waals surface area (Å²) in [6.45, 7) is 2.20. The Kier molecular flexibility index (Phi) is 6.57. The number of carbonyl (C=O) groups excluding carboxylic acids is 1. The van der Waals surface area contributed by atoms with Gasteiger partial charge < -0.3 is 10.2 Å². The predicted octanol–water partition coefficient (Wildman–Crippen LogP) is 2.41. The van der Waals surface area contributed by atoms with Crippen molar-refractivity contribution < 1.29 is 13.2 Å². The number of hydrogen-bond acceptors (Lipinski definition) is 4. The normalized spacial score (nSPS) is 13.7. The van der Waals surface area contributed by atoms with Gasteiger partial charge in [-0.3, -0.25) is 9.10 Å². The van der Waals surface area contributed by atoms with E-state index in [9.17, 15) is 13.2 Å².